The zero-order chi connectivity index (χ0) is 17.3. The lowest BCUT2D eigenvalue weighted by Gasteiger charge is -2.33. The Morgan fingerprint density at radius 3 is 2.88 bits per heavy atom. The Labute approximate surface area is 142 Å². The SMILES string of the molecule is Cc1ccc(C(=O)N2CCCC(c3nccn3C(C)C)C2)c(F)c1. The van der Waals surface area contributed by atoms with E-state index in [9.17, 15) is 9.18 Å². The lowest BCUT2D eigenvalue weighted by Crippen LogP contribution is -2.40. The third kappa shape index (κ3) is 3.21. The highest BCUT2D eigenvalue weighted by Gasteiger charge is 2.29. The van der Waals surface area contributed by atoms with Crippen LogP contribution >= 0.6 is 0 Å². The van der Waals surface area contributed by atoms with E-state index in [1.54, 1.807) is 17.0 Å². The molecule has 5 heteroatoms. The Bertz CT molecular complexity index is 738. The van der Waals surface area contributed by atoms with E-state index in [-0.39, 0.29) is 17.4 Å². The molecule has 1 aliphatic rings. The summed E-state index contributed by atoms with van der Waals surface area (Å²) in [6, 6.07) is 5.12. The van der Waals surface area contributed by atoms with Gasteiger partial charge >= 0.3 is 0 Å². The van der Waals surface area contributed by atoms with E-state index < -0.39 is 5.82 Å². The molecule has 0 saturated carbocycles. The van der Waals surface area contributed by atoms with Crippen molar-refractivity contribution in [1.29, 1.82) is 0 Å². The Kier molecular flexibility index (Phi) is 4.69. The van der Waals surface area contributed by atoms with Gasteiger partial charge in [-0.15, -0.1) is 0 Å². The van der Waals surface area contributed by atoms with E-state index in [1.165, 1.54) is 6.07 Å². The summed E-state index contributed by atoms with van der Waals surface area (Å²) in [7, 11) is 0. The summed E-state index contributed by atoms with van der Waals surface area (Å²) in [6.07, 6.45) is 5.72. The van der Waals surface area contributed by atoms with Crippen LogP contribution in [0.25, 0.3) is 0 Å². The summed E-state index contributed by atoms with van der Waals surface area (Å²) >= 11 is 0. The monoisotopic (exact) mass is 329 g/mol. The fourth-order valence-corrected chi connectivity index (χ4v) is 3.41. The van der Waals surface area contributed by atoms with E-state index in [4.69, 9.17) is 0 Å². The van der Waals surface area contributed by atoms with Gasteiger partial charge in [-0.05, 0) is 51.3 Å². The molecule has 1 fully saturated rings. The van der Waals surface area contributed by atoms with Gasteiger partial charge in [-0.2, -0.15) is 0 Å². The zero-order valence-electron chi connectivity index (χ0n) is 14.5. The zero-order valence-corrected chi connectivity index (χ0v) is 14.5. The minimum absolute atomic E-state index is 0.161. The van der Waals surface area contributed by atoms with Crippen molar-refractivity contribution >= 4 is 5.91 Å². The first-order chi connectivity index (χ1) is 11.5. The van der Waals surface area contributed by atoms with E-state index in [0.717, 1.165) is 24.2 Å². The van der Waals surface area contributed by atoms with Gasteiger partial charge in [0, 0.05) is 37.4 Å². The minimum Gasteiger partial charge on any atom is -0.338 e. The molecule has 0 aliphatic carbocycles. The van der Waals surface area contributed by atoms with E-state index in [1.807, 2.05) is 19.3 Å². The van der Waals surface area contributed by atoms with Gasteiger partial charge in [0.2, 0.25) is 0 Å². The second kappa shape index (κ2) is 6.75. The molecular formula is C19H24FN3O. The Morgan fingerprint density at radius 2 is 2.17 bits per heavy atom. The quantitative estimate of drug-likeness (QED) is 0.856. The van der Waals surface area contributed by atoms with Crippen molar-refractivity contribution in [3.05, 3.63) is 53.4 Å². The minimum atomic E-state index is -0.439. The molecule has 0 bridgehead atoms. The Morgan fingerprint density at radius 1 is 1.38 bits per heavy atom. The van der Waals surface area contributed by atoms with Crippen LogP contribution in [0, 0.1) is 12.7 Å². The number of likely N-dealkylation sites (tertiary alicyclic amines) is 1. The highest BCUT2D eigenvalue weighted by atomic mass is 19.1. The molecule has 1 unspecified atom stereocenters. The first kappa shape index (κ1) is 16.7. The van der Waals surface area contributed by atoms with Crippen molar-refractivity contribution in [2.24, 2.45) is 0 Å². The number of piperidine rings is 1. The largest absolute Gasteiger partial charge is 0.338 e. The number of hydrogen-bond donors (Lipinski definition) is 0. The van der Waals surface area contributed by atoms with Gasteiger partial charge in [0.15, 0.2) is 0 Å². The molecule has 0 spiro atoms. The van der Waals surface area contributed by atoms with Crippen molar-refractivity contribution in [3.63, 3.8) is 0 Å². The van der Waals surface area contributed by atoms with Crippen LogP contribution in [0.2, 0.25) is 0 Å². The molecule has 1 aliphatic heterocycles. The summed E-state index contributed by atoms with van der Waals surface area (Å²) in [5.41, 5.74) is 0.980. The second-order valence-electron chi connectivity index (χ2n) is 6.86. The molecule has 1 saturated heterocycles. The third-order valence-electron chi connectivity index (χ3n) is 4.68. The molecule has 1 aromatic carbocycles. The van der Waals surface area contributed by atoms with Crippen molar-refractivity contribution < 1.29 is 9.18 Å². The molecule has 3 rings (SSSR count). The summed E-state index contributed by atoms with van der Waals surface area (Å²) in [5, 5.41) is 0. The number of rotatable bonds is 3. The number of nitrogens with zero attached hydrogens (tertiary/aromatic N) is 3. The standard InChI is InChI=1S/C19H24FN3O/c1-13(2)23-10-8-21-18(23)15-5-4-9-22(12-15)19(24)16-7-6-14(3)11-17(16)20/h6-8,10-11,13,15H,4-5,9,12H2,1-3H3. The number of amides is 1. The number of aromatic nitrogens is 2. The van der Waals surface area contributed by atoms with Gasteiger partial charge in [0.1, 0.15) is 11.6 Å². The lowest BCUT2D eigenvalue weighted by molar-refractivity contribution is 0.0698. The van der Waals surface area contributed by atoms with E-state index in [0.29, 0.717) is 19.1 Å². The van der Waals surface area contributed by atoms with E-state index >= 15 is 0 Å². The average Bonchev–Trinajstić information content (AvgIpc) is 3.04. The maximum Gasteiger partial charge on any atom is 0.256 e. The molecule has 1 aromatic heterocycles. The first-order valence-corrected chi connectivity index (χ1v) is 8.55. The predicted molar refractivity (Wildman–Crippen MR) is 91.6 cm³/mol. The number of benzene rings is 1. The summed E-state index contributed by atoms with van der Waals surface area (Å²) in [4.78, 5) is 19.0. The molecule has 128 valence electrons. The van der Waals surface area contributed by atoms with Gasteiger partial charge in [-0.25, -0.2) is 9.37 Å². The Balaban J connectivity index is 1.80. The molecule has 2 aromatic rings. The molecule has 24 heavy (non-hydrogen) atoms. The molecule has 2 heterocycles. The maximum atomic E-state index is 14.1. The van der Waals surface area contributed by atoms with Crippen LogP contribution in [0.4, 0.5) is 4.39 Å². The predicted octanol–water partition coefficient (Wildman–Crippen LogP) is 3.93. The molecule has 1 atom stereocenters. The highest BCUT2D eigenvalue weighted by Crippen LogP contribution is 2.28. The van der Waals surface area contributed by atoms with Crippen LogP contribution in [0.1, 0.15) is 60.4 Å². The average molecular weight is 329 g/mol. The number of carbonyl (C=O) groups is 1. The fraction of sp³-hybridized carbons (Fsp3) is 0.474. The first-order valence-electron chi connectivity index (χ1n) is 8.55. The number of carbonyl (C=O) groups excluding carboxylic acids is 1. The normalized spacial score (nSPS) is 18.2. The second-order valence-corrected chi connectivity index (χ2v) is 6.86. The van der Waals surface area contributed by atoms with Crippen molar-refractivity contribution in [3.8, 4) is 0 Å². The topological polar surface area (TPSA) is 38.1 Å². The smallest absolute Gasteiger partial charge is 0.256 e. The van der Waals surface area contributed by atoms with Gasteiger partial charge in [-0.1, -0.05) is 6.07 Å². The van der Waals surface area contributed by atoms with Crippen LogP contribution in [0.15, 0.2) is 30.6 Å². The number of halogens is 1. The van der Waals surface area contributed by atoms with Crippen molar-refractivity contribution in [2.45, 2.75) is 45.6 Å². The van der Waals surface area contributed by atoms with Crippen LogP contribution in [0.3, 0.4) is 0 Å². The number of imidazole rings is 1. The van der Waals surface area contributed by atoms with Gasteiger partial charge in [0.25, 0.3) is 5.91 Å². The van der Waals surface area contributed by atoms with Crippen LogP contribution in [-0.2, 0) is 0 Å². The van der Waals surface area contributed by atoms with E-state index in [2.05, 4.69) is 23.4 Å². The van der Waals surface area contributed by atoms with Crippen LogP contribution in [0.5, 0.6) is 0 Å². The van der Waals surface area contributed by atoms with Crippen LogP contribution < -0.4 is 0 Å². The number of hydrogen-bond acceptors (Lipinski definition) is 2. The van der Waals surface area contributed by atoms with Crippen LogP contribution in [-0.4, -0.2) is 33.4 Å². The third-order valence-corrected chi connectivity index (χ3v) is 4.68. The maximum absolute atomic E-state index is 14.1. The van der Waals surface area contributed by atoms with Crippen molar-refractivity contribution in [2.75, 3.05) is 13.1 Å². The molecule has 0 N–H and O–H groups in total. The Hall–Kier alpha value is -2.17. The lowest BCUT2D eigenvalue weighted by atomic mass is 9.96. The van der Waals surface area contributed by atoms with Gasteiger partial charge < -0.3 is 9.47 Å². The summed E-state index contributed by atoms with van der Waals surface area (Å²) in [5.74, 6) is 0.561. The van der Waals surface area contributed by atoms with Gasteiger partial charge in [-0.3, -0.25) is 4.79 Å². The molecule has 0 radical (unpaired) electrons. The molecule has 4 nitrogen and oxygen atoms in total. The van der Waals surface area contributed by atoms with Gasteiger partial charge in [0.05, 0.1) is 5.56 Å². The molecule has 1 amide bonds. The molecular weight excluding hydrogens is 305 g/mol. The summed E-state index contributed by atoms with van der Waals surface area (Å²) in [6.45, 7) is 7.33. The highest BCUT2D eigenvalue weighted by molar-refractivity contribution is 5.94. The fourth-order valence-electron chi connectivity index (χ4n) is 3.41. The number of aryl methyl sites for hydroxylation is 1. The summed E-state index contributed by atoms with van der Waals surface area (Å²) < 4.78 is 16.3. The van der Waals surface area contributed by atoms with Crippen molar-refractivity contribution in [1.82, 2.24) is 14.5 Å².